The van der Waals surface area contributed by atoms with Gasteiger partial charge >= 0.3 is 0 Å². The molecule has 1 aliphatic heterocycles. The fraction of sp³-hybridized carbons (Fsp3) is 0.312. The maximum atomic E-state index is 6.20. The molecule has 1 aromatic heterocycles. The van der Waals surface area contributed by atoms with Crippen molar-refractivity contribution in [3.05, 3.63) is 57.8 Å². The molecular formula is C16H16Cl2N2. The lowest BCUT2D eigenvalue weighted by Gasteiger charge is -2.37. The highest BCUT2D eigenvalue weighted by Crippen LogP contribution is 2.32. The zero-order chi connectivity index (χ0) is 14.1. The highest BCUT2D eigenvalue weighted by Gasteiger charge is 2.23. The van der Waals surface area contributed by atoms with Crippen LogP contribution in [-0.4, -0.2) is 11.0 Å². The fourth-order valence-electron chi connectivity index (χ4n) is 2.74. The Labute approximate surface area is 129 Å². The summed E-state index contributed by atoms with van der Waals surface area (Å²) in [6, 6.07) is 12.8. The Morgan fingerprint density at radius 1 is 1.20 bits per heavy atom. The Balaban J connectivity index is 1.93. The van der Waals surface area contributed by atoms with Crippen molar-refractivity contribution in [2.24, 2.45) is 0 Å². The quantitative estimate of drug-likeness (QED) is 0.746. The smallest absolute Gasteiger partial charge is 0.135 e. The minimum absolute atomic E-state index is 0.436. The van der Waals surface area contributed by atoms with Gasteiger partial charge in [0.2, 0.25) is 0 Å². The number of fused-ring (bicyclic) bond motifs is 1. The number of pyridine rings is 1. The number of nitrogens with zero attached hydrogens (tertiary/aromatic N) is 2. The van der Waals surface area contributed by atoms with Crippen LogP contribution in [0.25, 0.3) is 0 Å². The maximum absolute atomic E-state index is 6.20. The molecule has 0 fully saturated rings. The van der Waals surface area contributed by atoms with Crippen LogP contribution < -0.4 is 4.90 Å². The van der Waals surface area contributed by atoms with Crippen LogP contribution in [0.1, 0.15) is 24.5 Å². The topological polar surface area (TPSA) is 16.1 Å². The van der Waals surface area contributed by atoms with Crippen molar-refractivity contribution < 1.29 is 0 Å². The Hall–Kier alpha value is -1.25. The third-order valence-corrected chi connectivity index (χ3v) is 4.43. The standard InChI is InChI=1S/C16H16Cl2N2/c1-11-6-7-12-4-2-3-5-14(12)20(11)10-13-8-9-15(17)19-16(13)18/h2-5,8-9,11H,6-7,10H2,1H3. The van der Waals surface area contributed by atoms with Crippen molar-refractivity contribution >= 4 is 28.9 Å². The van der Waals surface area contributed by atoms with E-state index in [9.17, 15) is 0 Å². The van der Waals surface area contributed by atoms with Crippen LogP contribution in [0.4, 0.5) is 5.69 Å². The van der Waals surface area contributed by atoms with Crippen LogP contribution in [0.3, 0.4) is 0 Å². The van der Waals surface area contributed by atoms with E-state index in [0.717, 1.165) is 24.9 Å². The van der Waals surface area contributed by atoms with E-state index in [1.165, 1.54) is 11.3 Å². The van der Waals surface area contributed by atoms with Gasteiger partial charge in [0, 0.05) is 23.8 Å². The van der Waals surface area contributed by atoms with Crippen LogP contribution in [0.15, 0.2) is 36.4 Å². The summed E-state index contributed by atoms with van der Waals surface area (Å²) in [6.07, 6.45) is 2.30. The zero-order valence-electron chi connectivity index (χ0n) is 11.3. The predicted molar refractivity (Wildman–Crippen MR) is 84.7 cm³/mol. The van der Waals surface area contributed by atoms with Gasteiger partial charge in [-0.15, -0.1) is 0 Å². The molecule has 0 radical (unpaired) electrons. The monoisotopic (exact) mass is 306 g/mol. The molecule has 1 unspecified atom stereocenters. The maximum Gasteiger partial charge on any atom is 0.135 e. The highest BCUT2D eigenvalue weighted by atomic mass is 35.5. The van der Waals surface area contributed by atoms with Gasteiger partial charge in [-0.25, -0.2) is 4.98 Å². The number of rotatable bonds is 2. The molecule has 0 bridgehead atoms. The van der Waals surface area contributed by atoms with Crippen molar-refractivity contribution in [2.75, 3.05) is 4.90 Å². The van der Waals surface area contributed by atoms with E-state index in [0.29, 0.717) is 16.3 Å². The van der Waals surface area contributed by atoms with E-state index in [1.807, 2.05) is 6.07 Å². The van der Waals surface area contributed by atoms with E-state index in [-0.39, 0.29) is 0 Å². The lowest BCUT2D eigenvalue weighted by atomic mass is 9.96. The van der Waals surface area contributed by atoms with Crippen LogP contribution >= 0.6 is 23.2 Å². The third kappa shape index (κ3) is 2.63. The molecule has 2 heterocycles. The van der Waals surface area contributed by atoms with Crippen molar-refractivity contribution in [3.63, 3.8) is 0 Å². The minimum Gasteiger partial charge on any atom is -0.364 e. The van der Waals surface area contributed by atoms with Crippen LogP contribution in [-0.2, 0) is 13.0 Å². The third-order valence-electron chi connectivity index (χ3n) is 3.90. The van der Waals surface area contributed by atoms with Crippen molar-refractivity contribution in [1.29, 1.82) is 0 Å². The first kappa shape index (κ1) is 13.7. The Kier molecular flexibility index (Phi) is 3.86. The Morgan fingerprint density at radius 2 is 2.00 bits per heavy atom. The molecule has 0 aliphatic carbocycles. The van der Waals surface area contributed by atoms with Gasteiger partial charge in [0.1, 0.15) is 10.3 Å². The molecule has 104 valence electrons. The molecule has 2 nitrogen and oxygen atoms in total. The first-order valence-electron chi connectivity index (χ1n) is 6.80. The SMILES string of the molecule is CC1CCc2ccccc2N1Cc1ccc(Cl)nc1Cl. The predicted octanol–water partition coefficient (Wildman–Crippen LogP) is 4.73. The summed E-state index contributed by atoms with van der Waals surface area (Å²) in [5, 5.41) is 0.929. The Morgan fingerprint density at radius 3 is 2.80 bits per heavy atom. The number of hydrogen-bond donors (Lipinski definition) is 0. The molecule has 2 aromatic rings. The molecule has 0 amide bonds. The highest BCUT2D eigenvalue weighted by molar-refractivity contribution is 6.32. The second kappa shape index (κ2) is 5.63. The normalized spacial score (nSPS) is 17.9. The molecule has 0 spiro atoms. The number of anilines is 1. The molecule has 1 atom stereocenters. The summed E-state index contributed by atoms with van der Waals surface area (Å²) in [6.45, 7) is 3.02. The zero-order valence-corrected chi connectivity index (χ0v) is 12.8. The van der Waals surface area contributed by atoms with E-state index in [2.05, 4.69) is 41.1 Å². The number of aryl methyl sites for hydroxylation is 1. The van der Waals surface area contributed by atoms with Gasteiger partial charge in [0.05, 0.1) is 0 Å². The van der Waals surface area contributed by atoms with Gasteiger partial charge in [-0.3, -0.25) is 0 Å². The molecule has 0 N–H and O–H groups in total. The van der Waals surface area contributed by atoms with Gasteiger partial charge in [0.15, 0.2) is 0 Å². The molecule has 20 heavy (non-hydrogen) atoms. The number of aromatic nitrogens is 1. The summed E-state index contributed by atoms with van der Waals surface area (Å²) in [4.78, 5) is 6.52. The van der Waals surface area contributed by atoms with E-state index in [1.54, 1.807) is 6.07 Å². The largest absolute Gasteiger partial charge is 0.364 e. The second-order valence-electron chi connectivity index (χ2n) is 5.23. The second-order valence-corrected chi connectivity index (χ2v) is 5.97. The average molecular weight is 307 g/mol. The summed E-state index contributed by atoms with van der Waals surface area (Å²) in [7, 11) is 0. The average Bonchev–Trinajstić information content (AvgIpc) is 2.44. The molecule has 0 saturated heterocycles. The first-order chi connectivity index (χ1) is 9.65. The fourth-order valence-corrected chi connectivity index (χ4v) is 3.15. The van der Waals surface area contributed by atoms with E-state index >= 15 is 0 Å². The molecule has 4 heteroatoms. The molecule has 1 aromatic carbocycles. The number of para-hydroxylation sites is 1. The first-order valence-corrected chi connectivity index (χ1v) is 7.56. The van der Waals surface area contributed by atoms with Crippen molar-refractivity contribution in [2.45, 2.75) is 32.4 Å². The van der Waals surface area contributed by atoms with Gasteiger partial charge in [-0.1, -0.05) is 47.5 Å². The lowest BCUT2D eigenvalue weighted by Crippen LogP contribution is -2.36. The van der Waals surface area contributed by atoms with Gasteiger partial charge in [0.25, 0.3) is 0 Å². The lowest BCUT2D eigenvalue weighted by molar-refractivity contribution is 0.560. The van der Waals surface area contributed by atoms with E-state index < -0.39 is 0 Å². The molecule has 0 saturated carbocycles. The minimum atomic E-state index is 0.436. The summed E-state index contributed by atoms with van der Waals surface area (Å²) >= 11 is 12.1. The van der Waals surface area contributed by atoms with Crippen molar-refractivity contribution in [3.8, 4) is 0 Å². The summed E-state index contributed by atoms with van der Waals surface area (Å²) < 4.78 is 0. The summed E-state index contributed by atoms with van der Waals surface area (Å²) in [5.41, 5.74) is 3.72. The Bertz CT molecular complexity index is 628. The van der Waals surface area contributed by atoms with E-state index in [4.69, 9.17) is 23.2 Å². The number of halogens is 2. The number of hydrogen-bond acceptors (Lipinski definition) is 2. The molecule has 1 aliphatic rings. The summed E-state index contributed by atoms with van der Waals surface area (Å²) in [5.74, 6) is 0. The molecular weight excluding hydrogens is 291 g/mol. The number of benzene rings is 1. The van der Waals surface area contributed by atoms with Crippen LogP contribution in [0.5, 0.6) is 0 Å². The van der Waals surface area contributed by atoms with Crippen LogP contribution in [0, 0.1) is 0 Å². The van der Waals surface area contributed by atoms with Gasteiger partial charge in [-0.2, -0.15) is 0 Å². The van der Waals surface area contributed by atoms with Crippen molar-refractivity contribution in [1.82, 2.24) is 4.98 Å². The van der Waals surface area contributed by atoms with Crippen LogP contribution in [0.2, 0.25) is 10.3 Å². The van der Waals surface area contributed by atoms with Gasteiger partial charge < -0.3 is 4.90 Å². The van der Waals surface area contributed by atoms with Gasteiger partial charge in [-0.05, 0) is 37.5 Å². The molecule has 3 rings (SSSR count).